The highest BCUT2D eigenvalue weighted by Gasteiger charge is 2.32. The van der Waals surface area contributed by atoms with E-state index >= 15 is 0 Å². The maximum Gasteiger partial charge on any atom is 0.416 e. The van der Waals surface area contributed by atoms with Crippen molar-refractivity contribution in [3.05, 3.63) is 99.6 Å². The number of carbonyl (C=O) groups is 1. The van der Waals surface area contributed by atoms with Crippen molar-refractivity contribution in [3.63, 3.8) is 0 Å². The molecule has 196 valence electrons. The van der Waals surface area contributed by atoms with E-state index in [1.807, 2.05) is 13.8 Å². The van der Waals surface area contributed by atoms with E-state index in [4.69, 9.17) is 4.18 Å². The lowest BCUT2D eigenvalue weighted by Gasteiger charge is -2.25. The van der Waals surface area contributed by atoms with Crippen LogP contribution in [0.2, 0.25) is 0 Å². The molecule has 37 heavy (non-hydrogen) atoms. The third kappa shape index (κ3) is 7.29. The van der Waals surface area contributed by atoms with Gasteiger partial charge in [-0.2, -0.15) is 21.6 Å². The minimum atomic E-state index is -4.72. The molecule has 0 unspecified atom stereocenters. The van der Waals surface area contributed by atoms with Crippen molar-refractivity contribution in [2.75, 3.05) is 6.54 Å². The summed E-state index contributed by atoms with van der Waals surface area (Å²) in [5.74, 6) is -0.448. The molecule has 0 heterocycles. The highest BCUT2D eigenvalue weighted by molar-refractivity contribution is 7.87. The summed E-state index contributed by atoms with van der Waals surface area (Å²) in [4.78, 5) is 24.3. The van der Waals surface area contributed by atoms with E-state index in [2.05, 4.69) is 0 Å². The monoisotopic (exact) mass is 536 g/mol. The Labute approximate surface area is 211 Å². The Hall–Kier alpha value is -3.93. The van der Waals surface area contributed by atoms with Crippen LogP contribution in [-0.4, -0.2) is 30.7 Å². The summed E-state index contributed by atoms with van der Waals surface area (Å²) in [6.45, 7) is 4.20. The van der Waals surface area contributed by atoms with E-state index in [1.165, 1.54) is 47.4 Å². The molecule has 1 amide bonds. The standard InChI is InChI=1S/C25H23F3N2O6S/c1-17(2)15-29(24(31)19-9-11-21(12-10-19)30(32)33)16-18-5-3-7-22(13-18)36-37(34,35)23-8-4-6-20(14-23)25(26,27)28/h3-14,17H,15-16H2,1-2H3. The number of non-ortho nitro benzene ring substituents is 1. The number of nitro benzene ring substituents is 1. The molecule has 0 aromatic heterocycles. The van der Waals surface area contributed by atoms with Crippen LogP contribution < -0.4 is 4.18 Å². The number of nitro groups is 1. The fraction of sp³-hybridized carbons (Fsp3) is 0.240. The molecule has 0 atom stereocenters. The van der Waals surface area contributed by atoms with Gasteiger partial charge in [0, 0.05) is 30.8 Å². The van der Waals surface area contributed by atoms with E-state index in [9.17, 15) is 36.5 Å². The Morgan fingerprint density at radius 3 is 2.27 bits per heavy atom. The number of rotatable bonds is 9. The van der Waals surface area contributed by atoms with Gasteiger partial charge in [0.25, 0.3) is 11.6 Å². The predicted octanol–water partition coefficient (Wildman–Crippen LogP) is 5.68. The number of hydrogen-bond acceptors (Lipinski definition) is 6. The zero-order valence-corrected chi connectivity index (χ0v) is 20.6. The van der Waals surface area contributed by atoms with Crippen molar-refractivity contribution in [2.24, 2.45) is 5.92 Å². The summed E-state index contributed by atoms with van der Waals surface area (Å²) in [5, 5.41) is 10.9. The minimum absolute atomic E-state index is 0.0643. The average Bonchev–Trinajstić information content (AvgIpc) is 2.82. The molecule has 0 spiro atoms. The van der Waals surface area contributed by atoms with E-state index in [-0.39, 0.29) is 35.4 Å². The van der Waals surface area contributed by atoms with Crippen molar-refractivity contribution in [1.82, 2.24) is 4.90 Å². The maximum atomic E-state index is 13.1. The molecule has 3 rings (SSSR count). The number of benzene rings is 3. The van der Waals surface area contributed by atoms with E-state index in [0.717, 1.165) is 18.2 Å². The van der Waals surface area contributed by atoms with Crippen molar-refractivity contribution in [1.29, 1.82) is 0 Å². The lowest BCUT2D eigenvalue weighted by atomic mass is 10.1. The first-order valence-electron chi connectivity index (χ1n) is 11.0. The lowest BCUT2D eigenvalue weighted by molar-refractivity contribution is -0.384. The quantitative estimate of drug-likeness (QED) is 0.198. The molecule has 0 aliphatic rings. The Bertz CT molecular complexity index is 1390. The second kappa shape index (κ2) is 11.0. The molecular weight excluding hydrogens is 513 g/mol. The van der Waals surface area contributed by atoms with Gasteiger partial charge in [-0.25, -0.2) is 0 Å². The van der Waals surface area contributed by atoms with Crippen LogP contribution in [-0.2, 0) is 22.8 Å². The van der Waals surface area contributed by atoms with Gasteiger partial charge in [0.05, 0.1) is 10.5 Å². The molecule has 12 heteroatoms. The molecule has 0 aliphatic carbocycles. The van der Waals surface area contributed by atoms with Gasteiger partial charge in [0.1, 0.15) is 10.6 Å². The number of nitrogens with zero attached hydrogens (tertiary/aromatic N) is 2. The van der Waals surface area contributed by atoms with Crippen LogP contribution in [0, 0.1) is 16.0 Å². The van der Waals surface area contributed by atoms with Gasteiger partial charge >= 0.3 is 16.3 Å². The topological polar surface area (TPSA) is 107 Å². The predicted molar refractivity (Wildman–Crippen MR) is 128 cm³/mol. The van der Waals surface area contributed by atoms with E-state index < -0.39 is 31.7 Å². The molecule has 3 aromatic rings. The summed E-state index contributed by atoms with van der Waals surface area (Å²) in [6.07, 6.45) is -4.72. The summed E-state index contributed by atoms with van der Waals surface area (Å²) in [7, 11) is -4.57. The van der Waals surface area contributed by atoms with Crippen LogP contribution >= 0.6 is 0 Å². The Morgan fingerprint density at radius 1 is 1.03 bits per heavy atom. The number of amides is 1. The zero-order valence-electron chi connectivity index (χ0n) is 19.8. The first-order chi connectivity index (χ1) is 17.3. The first kappa shape index (κ1) is 27.7. The molecule has 0 saturated carbocycles. The highest BCUT2D eigenvalue weighted by Crippen LogP contribution is 2.31. The second-order valence-electron chi connectivity index (χ2n) is 8.59. The fourth-order valence-electron chi connectivity index (χ4n) is 3.49. The molecular formula is C25H23F3N2O6S. The third-order valence-corrected chi connectivity index (χ3v) is 6.37. The largest absolute Gasteiger partial charge is 0.416 e. The van der Waals surface area contributed by atoms with Gasteiger partial charge in [0.15, 0.2) is 0 Å². The zero-order chi connectivity index (χ0) is 27.4. The number of carbonyl (C=O) groups excluding carboxylic acids is 1. The van der Waals surface area contributed by atoms with E-state index in [0.29, 0.717) is 18.2 Å². The van der Waals surface area contributed by atoms with Crippen LogP contribution in [0.1, 0.15) is 35.3 Å². The number of hydrogen-bond donors (Lipinski definition) is 0. The van der Waals surface area contributed by atoms with Crippen LogP contribution in [0.25, 0.3) is 0 Å². The second-order valence-corrected chi connectivity index (χ2v) is 10.1. The SMILES string of the molecule is CC(C)CN(Cc1cccc(OS(=O)(=O)c2cccc(C(F)(F)F)c2)c1)C(=O)c1ccc([N+](=O)[O-])cc1. The lowest BCUT2D eigenvalue weighted by Crippen LogP contribution is -2.33. The van der Waals surface area contributed by atoms with Crippen molar-refractivity contribution in [3.8, 4) is 5.75 Å². The minimum Gasteiger partial charge on any atom is -0.379 e. The number of halogens is 3. The first-order valence-corrected chi connectivity index (χ1v) is 12.4. The Balaban J connectivity index is 1.83. The molecule has 0 radical (unpaired) electrons. The van der Waals surface area contributed by atoms with Gasteiger partial charge in [-0.05, 0) is 53.9 Å². The molecule has 0 fully saturated rings. The highest BCUT2D eigenvalue weighted by atomic mass is 32.2. The number of alkyl halides is 3. The van der Waals surface area contributed by atoms with Crippen molar-refractivity contribution >= 4 is 21.7 Å². The van der Waals surface area contributed by atoms with Gasteiger partial charge in [-0.3, -0.25) is 14.9 Å². The summed E-state index contributed by atoms with van der Waals surface area (Å²) in [5.41, 5.74) is -0.530. The Morgan fingerprint density at radius 2 is 1.68 bits per heavy atom. The van der Waals surface area contributed by atoms with Crippen LogP contribution in [0.5, 0.6) is 5.75 Å². The average molecular weight is 537 g/mol. The van der Waals surface area contributed by atoms with Crippen LogP contribution in [0.4, 0.5) is 18.9 Å². The normalized spacial score (nSPS) is 11.8. The smallest absolute Gasteiger partial charge is 0.379 e. The van der Waals surface area contributed by atoms with Gasteiger partial charge in [-0.1, -0.05) is 32.0 Å². The maximum absolute atomic E-state index is 13.1. The molecule has 0 bridgehead atoms. The summed E-state index contributed by atoms with van der Waals surface area (Å²) >= 11 is 0. The third-order valence-electron chi connectivity index (χ3n) is 5.13. The molecule has 0 saturated heterocycles. The molecule has 0 aliphatic heterocycles. The summed E-state index contributed by atoms with van der Waals surface area (Å²) < 4.78 is 69.3. The van der Waals surface area contributed by atoms with Crippen LogP contribution in [0.3, 0.4) is 0 Å². The Kier molecular flexibility index (Phi) is 8.22. The van der Waals surface area contributed by atoms with Crippen molar-refractivity contribution in [2.45, 2.75) is 31.5 Å². The fourth-order valence-corrected chi connectivity index (χ4v) is 4.46. The summed E-state index contributed by atoms with van der Waals surface area (Å²) in [6, 6.07) is 14.2. The van der Waals surface area contributed by atoms with Crippen LogP contribution in [0.15, 0.2) is 77.7 Å². The molecule has 0 N–H and O–H groups in total. The molecule has 3 aromatic carbocycles. The van der Waals surface area contributed by atoms with E-state index in [1.54, 1.807) is 6.07 Å². The van der Waals surface area contributed by atoms with Gasteiger partial charge in [-0.15, -0.1) is 0 Å². The van der Waals surface area contributed by atoms with Gasteiger partial charge in [0.2, 0.25) is 0 Å². The van der Waals surface area contributed by atoms with Gasteiger partial charge < -0.3 is 9.08 Å². The van der Waals surface area contributed by atoms with Crippen molar-refractivity contribution < 1.29 is 35.5 Å². The molecule has 8 nitrogen and oxygen atoms in total.